The zero-order chi connectivity index (χ0) is 48.4. The molecular weight excluding hydrogens is 817 g/mol. The molecule has 0 amide bonds. The van der Waals surface area contributed by atoms with Crippen LogP contribution in [-0.2, 0) is 28.6 Å². The Kier molecular flexibility index (Phi) is 50.0. The average molecular weight is 934 g/mol. The molecule has 0 aliphatic carbocycles. The minimum Gasteiger partial charge on any atom is -0.462 e. The lowest BCUT2D eigenvalue weighted by Gasteiger charge is -2.18. The lowest BCUT2D eigenvalue weighted by Crippen LogP contribution is -2.30. The van der Waals surface area contributed by atoms with Gasteiger partial charge in [-0.25, -0.2) is 0 Å². The number of hydrogen-bond acceptors (Lipinski definition) is 6. The van der Waals surface area contributed by atoms with Gasteiger partial charge in [-0.15, -0.1) is 0 Å². The molecule has 6 nitrogen and oxygen atoms in total. The molecule has 0 N–H and O–H groups in total. The van der Waals surface area contributed by atoms with Crippen molar-refractivity contribution in [2.24, 2.45) is 17.8 Å². The van der Waals surface area contributed by atoms with Crippen LogP contribution in [-0.4, -0.2) is 37.2 Å². The van der Waals surface area contributed by atoms with Crippen LogP contribution in [0.25, 0.3) is 0 Å². The first kappa shape index (κ1) is 64.4. The van der Waals surface area contributed by atoms with Gasteiger partial charge in [0.2, 0.25) is 0 Å². The van der Waals surface area contributed by atoms with E-state index < -0.39 is 6.10 Å². The van der Waals surface area contributed by atoms with Crippen molar-refractivity contribution in [1.29, 1.82) is 0 Å². The molecule has 2 unspecified atom stereocenters. The van der Waals surface area contributed by atoms with Gasteiger partial charge in [-0.05, 0) is 37.0 Å². The molecule has 0 aromatic rings. The third-order valence-corrected chi connectivity index (χ3v) is 14.4. The molecule has 66 heavy (non-hydrogen) atoms. The van der Waals surface area contributed by atoms with E-state index in [9.17, 15) is 14.4 Å². The fourth-order valence-electron chi connectivity index (χ4n) is 9.11. The third kappa shape index (κ3) is 50.3. The van der Waals surface area contributed by atoms with Crippen molar-refractivity contribution in [3.8, 4) is 0 Å². The number of carbonyl (C=O) groups excluding carboxylic acids is 3. The summed E-state index contributed by atoms with van der Waals surface area (Å²) < 4.78 is 16.9. The fourth-order valence-corrected chi connectivity index (χ4v) is 9.11. The summed E-state index contributed by atoms with van der Waals surface area (Å²) in [6, 6.07) is 0. The van der Waals surface area contributed by atoms with E-state index in [1.807, 2.05) is 0 Å². The van der Waals surface area contributed by atoms with Crippen LogP contribution in [0.4, 0.5) is 0 Å². The SMILES string of the molecule is CCC(C)CCCCCCCCCCCCCCCCC(=O)OC[C@H](COC(=O)CCCCCCCCCCCCC(C)CC)OC(=O)CCCCCCCCCCCCCCCC(C)C. The van der Waals surface area contributed by atoms with Crippen LogP contribution in [0.2, 0.25) is 0 Å². The maximum absolute atomic E-state index is 12.9. The lowest BCUT2D eigenvalue weighted by atomic mass is 9.99. The molecule has 0 spiro atoms. The molecule has 6 heteroatoms. The quantitative estimate of drug-likeness (QED) is 0.0343. The van der Waals surface area contributed by atoms with Crippen molar-refractivity contribution in [2.75, 3.05) is 13.2 Å². The molecule has 0 bridgehead atoms. The maximum atomic E-state index is 12.9. The Morgan fingerprint density at radius 3 is 0.788 bits per heavy atom. The highest BCUT2D eigenvalue weighted by Gasteiger charge is 2.19. The molecule has 0 aromatic heterocycles. The van der Waals surface area contributed by atoms with Crippen LogP contribution >= 0.6 is 0 Å². The second-order valence-electron chi connectivity index (χ2n) is 21.6. The number of ether oxygens (including phenoxy) is 3. The van der Waals surface area contributed by atoms with Gasteiger partial charge in [-0.3, -0.25) is 14.4 Å². The van der Waals surface area contributed by atoms with Gasteiger partial charge >= 0.3 is 17.9 Å². The average Bonchev–Trinajstić information content (AvgIpc) is 3.30. The van der Waals surface area contributed by atoms with Gasteiger partial charge < -0.3 is 14.2 Å². The van der Waals surface area contributed by atoms with Crippen LogP contribution in [0.15, 0.2) is 0 Å². The standard InChI is InChI=1S/C60H116O6/c1-7-55(5)47-41-35-29-23-17-13-9-10-14-18-25-31-37-43-49-58(61)64-52-57(53-65-59(62)50-44-38-32-26-21-20-24-30-36-42-48-56(6)8-2)66-60(63)51-45-39-33-27-19-15-11-12-16-22-28-34-40-46-54(3)4/h54-57H,7-53H2,1-6H3/t55?,56?,57-/m1/s1. The number of rotatable bonds is 53. The molecular formula is C60H116O6. The maximum Gasteiger partial charge on any atom is 0.306 e. The first-order valence-corrected chi connectivity index (χ1v) is 29.7. The minimum absolute atomic E-state index is 0.0634. The highest BCUT2D eigenvalue weighted by Crippen LogP contribution is 2.19. The molecule has 0 aromatic carbocycles. The molecule has 0 radical (unpaired) electrons. The van der Waals surface area contributed by atoms with Gasteiger partial charge in [-0.2, -0.15) is 0 Å². The van der Waals surface area contributed by atoms with E-state index in [4.69, 9.17) is 14.2 Å². The van der Waals surface area contributed by atoms with Gasteiger partial charge in [0.15, 0.2) is 6.10 Å². The van der Waals surface area contributed by atoms with Crippen molar-refractivity contribution in [3.63, 3.8) is 0 Å². The molecule has 0 saturated heterocycles. The molecule has 0 heterocycles. The van der Waals surface area contributed by atoms with Gasteiger partial charge in [0.25, 0.3) is 0 Å². The highest BCUT2D eigenvalue weighted by molar-refractivity contribution is 5.71. The Hall–Kier alpha value is -1.59. The first-order chi connectivity index (χ1) is 32.2. The van der Waals surface area contributed by atoms with E-state index in [0.29, 0.717) is 19.3 Å². The number of esters is 3. The first-order valence-electron chi connectivity index (χ1n) is 29.7. The van der Waals surface area contributed by atoms with Crippen molar-refractivity contribution < 1.29 is 28.6 Å². The van der Waals surface area contributed by atoms with Crippen LogP contribution in [0, 0.1) is 17.8 Å². The number of carbonyl (C=O) groups is 3. The monoisotopic (exact) mass is 933 g/mol. The predicted octanol–water partition coefficient (Wildman–Crippen LogP) is 19.5. The topological polar surface area (TPSA) is 78.9 Å². The Labute approximate surface area is 412 Å². The van der Waals surface area contributed by atoms with Gasteiger partial charge in [0.1, 0.15) is 13.2 Å². The number of hydrogen-bond donors (Lipinski definition) is 0. The summed E-state index contributed by atoms with van der Waals surface area (Å²) in [7, 11) is 0. The van der Waals surface area contributed by atoms with Gasteiger partial charge in [-0.1, -0.05) is 292 Å². The molecule has 0 aliphatic heterocycles. The molecule has 3 atom stereocenters. The number of unbranched alkanes of at least 4 members (excludes halogenated alkanes) is 34. The Bertz CT molecular complexity index is 1030. The van der Waals surface area contributed by atoms with Gasteiger partial charge in [0.05, 0.1) is 0 Å². The van der Waals surface area contributed by atoms with Crippen molar-refractivity contribution in [2.45, 2.75) is 337 Å². The zero-order valence-electron chi connectivity index (χ0n) is 45.5. The second kappa shape index (κ2) is 51.3. The zero-order valence-corrected chi connectivity index (χ0v) is 45.5. The predicted molar refractivity (Wildman–Crippen MR) is 284 cm³/mol. The normalized spacial score (nSPS) is 13.0. The molecule has 0 saturated carbocycles. The van der Waals surface area contributed by atoms with E-state index >= 15 is 0 Å². The molecule has 0 fully saturated rings. The minimum atomic E-state index is -0.764. The van der Waals surface area contributed by atoms with E-state index in [-0.39, 0.29) is 31.1 Å². The van der Waals surface area contributed by atoms with Crippen molar-refractivity contribution >= 4 is 17.9 Å². The summed E-state index contributed by atoms with van der Waals surface area (Å²) in [5.74, 6) is 1.76. The van der Waals surface area contributed by atoms with E-state index in [2.05, 4.69) is 41.5 Å². The highest BCUT2D eigenvalue weighted by atomic mass is 16.6. The van der Waals surface area contributed by atoms with E-state index in [0.717, 1.165) is 75.5 Å². The summed E-state index contributed by atoms with van der Waals surface area (Å²) in [6.45, 7) is 13.8. The summed E-state index contributed by atoms with van der Waals surface area (Å²) in [4.78, 5) is 38.2. The largest absolute Gasteiger partial charge is 0.462 e. The van der Waals surface area contributed by atoms with Crippen molar-refractivity contribution in [1.82, 2.24) is 0 Å². The molecule has 0 rings (SSSR count). The Morgan fingerprint density at radius 2 is 0.530 bits per heavy atom. The molecule has 392 valence electrons. The van der Waals surface area contributed by atoms with E-state index in [1.54, 1.807) is 0 Å². The van der Waals surface area contributed by atoms with E-state index in [1.165, 1.54) is 212 Å². The Morgan fingerprint density at radius 1 is 0.303 bits per heavy atom. The summed E-state index contributed by atoms with van der Waals surface area (Å²) >= 11 is 0. The van der Waals surface area contributed by atoms with Crippen molar-refractivity contribution in [3.05, 3.63) is 0 Å². The summed E-state index contributed by atoms with van der Waals surface area (Å²) in [5.41, 5.74) is 0. The fraction of sp³-hybridized carbons (Fsp3) is 0.950. The van der Waals surface area contributed by atoms with Crippen LogP contribution in [0.3, 0.4) is 0 Å². The lowest BCUT2D eigenvalue weighted by molar-refractivity contribution is -0.167. The van der Waals surface area contributed by atoms with Crippen LogP contribution in [0.5, 0.6) is 0 Å². The van der Waals surface area contributed by atoms with Crippen LogP contribution in [0.1, 0.15) is 330 Å². The van der Waals surface area contributed by atoms with Crippen LogP contribution < -0.4 is 0 Å². The van der Waals surface area contributed by atoms with Gasteiger partial charge in [0, 0.05) is 19.3 Å². The summed E-state index contributed by atoms with van der Waals surface area (Å²) in [5, 5.41) is 0. The third-order valence-electron chi connectivity index (χ3n) is 14.4. The Balaban J connectivity index is 4.31. The second-order valence-corrected chi connectivity index (χ2v) is 21.6. The smallest absolute Gasteiger partial charge is 0.306 e. The summed E-state index contributed by atoms with van der Waals surface area (Å²) in [6.07, 6.45) is 53.6. The molecule has 0 aliphatic rings.